The Labute approximate surface area is 210 Å². The van der Waals surface area contributed by atoms with Crippen LogP contribution >= 0.6 is 0 Å². The van der Waals surface area contributed by atoms with Gasteiger partial charge in [0.2, 0.25) is 0 Å². The molecule has 0 atom stereocenters. The van der Waals surface area contributed by atoms with Crippen LogP contribution in [0, 0.1) is 6.92 Å². The molecule has 0 aliphatic heterocycles. The van der Waals surface area contributed by atoms with Crippen LogP contribution in [-0.4, -0.2) is 0 Å². The highest BCUT2D eigenvalue weighted by atomic mass is 15.1. The maximum absolute atomic E-state index is 2.41. The molecule has 0 amide bonds. The van der Waals surface area contributed by atoms with E-state index in [9.17, 15) is 0 Å². The maximum atomic E-state index is 2.41. The minimum absolute atomic E-state index is 1.15. The van der Waals surface area contributed by atoms with Gasteiger partial charge in [-0.3, -0.25) is 0 Å². The third-order valence-corrected chi connectivity index (χ3v) is 7.27. The number of benzene rings is 7. The Hall–Kier alpha value is -4.62. The first kappa shape index (κ1) is 20.7. The zero-order chi connectivity index (χ0) is 24.1. The molecule has 0 aliphatic rings. The van der Waals surface area contributed by atoms with Crippen LogP contribution in [0.5, 0.6) is 0 Å². The molecular weight excluding hydrogens is 434 g/mol. The van der Waals surface area contributed by atoms with Gasteiger partial charge in [-0.05, 0) is 75.0 Å². The summed E-state index contributed by atoms with van der Waals surface area (Å²) in [5, 5.41) is 10.1. The normalized spacial score (nSPS) is 11.5. The molecule has 7 aromatic rings. The highest BCUT2D eigenvalue weighted by Gasteiger charge is 2.17. The summed E-state index contributed by atoms with van der Waals surface area (Å²) in [5.74, 6) is 0. The number of hydrogen-bond donors (Lipinski definition) is 0. The van der Waals surface area contributed by atoms with Crippen LogP contribution in [-0.2, 0) is 0 Å². The van der Waals surface area contributed by atoms with Crippen molar-refractivity contribution >= 4 is 60.2 Å². The van der Waals surface area contributed by atoms with Crippen LogP contribution in [0.1, 0.15) is 5.56 Å². The molecule has 0 aliphatic carbocycles. The van der Waals surface area contributed by atoms with Crippen molar-refractivity contribution in [3.05, 3.63) is 139 Å². The Morgan fingerprint density at radius 3 is 1.81 bits per heavy atom. The van der Waals surface area contributed by atoms with Crippen LogP contribution in [0.15, 0.2) is 133 Å². The van der Waals surface area contributed by atoms with Gasteiger partial charge in [-0.2, -0.15) is 0 Å². The third kappa shape index (κ3) is 3.32. The van der Waals surface area contributed by atoms with Gasteiger partial charge in [-0.15, -0.1) is 0 Å². The molecule has 1 nitrogen and oxygen atoms in total. The minimum Gasteiger partial charge on any atom is -0.310 e. The zero-order valence-electron chi connectivity index (χ0n) is 20.1. The predicted octanol–water partition coefficient (Wildman–Crippen LogP) is 10.1. The smallest absolute Gasteiger partial charge is 0.0546 e. The molecular formula is C35H25N. The van der Waals surface area contributed by atoms with Crippen LogP contribution < -0.4 is 4.90 Å². The van der Waals surface area contributed by atoms with Gasteiger partial charge in [-0.25, -0.2) is 0 Å². The summed E-state index contributed by atoms with van der Waals surface area (Å²) in [4.78, 5) is 2.41. The van der Waals surface area contributed by atoms with Crippen LogP contribution in [0.4, 0.5) is 17.1 Å². The molecule has 0 unspecified atom stereocenters. The standard InChI is InChI=1S/C35H25N/c1-24-13-19-29(20-14-24)36(30-21-22-32-28(23-30)18-16-25-7-2-4-10-31(25)32)34-12-6-9-27-17-15-26-8-3-5-11-33(26)35(27)34/h2-23H,1H3. The molecule has 7 aromatic carbocycles. The van der Waals surface area contributed by atoms with E-state index in [4.69, 9.17) is 0 Å². The topological polar surface area (TPSA) is 3.24 Å². The number of hydrogen-bond acceptors (Lipinski definition) is 1. The van der Waals surface area contributed by atoms with Gasteiger partial charge in [0, 0.05) is 16.8 Å². The van der Waals surface area contributed by atoms with Crippen molar-refractivity contribution in [1.82, 2.24) is 0 Å². The van der Waals surface area contributed by atoms with E-state index in [0.29, 0.717) is 0 Å². The third-order valence-electron chi connectivity index (χ3n) is 7.27. The van der Waals surface area contributed by atoms with Crippen molar-refractivity contribution < 1.29 is 0 Å². The van der Waals surface area contributed by atoms with E-state index in [1.807, 2.05) is 0 Å². The van der Waals surface area contributed by atoms with Gasteiger partial charge in [-0.1, -0.05) is 109 Å². The van der Waals surface area contributed by atoms with Crippen molar-refractivity contribution in [3.63, 3.8) is 0 Å². The van der Waals surface area contributed by atoms with Crippen molar-refractivity contribution in [3.8, 4) is 0 Å². The maximum Gasteiger partial charge on any atom is 0.0546 e. The number of anilines is 3. The fourth-order valence-corrected chi connectivity index (χ4v) is 5.49. The molecule has 1 heteroatoms. The average molecular weight is 460 g/mol. The van der Waals surface area contributed by atoms with Crippen molar-refractivity contribution in [1.29, 1.82) is 0 Å². The number of nitrogens with zero attached hydrogens (tertiary/aromatic N) is 1. The highest BCUT2D eigenvalue weighted by molar-refractivity contribution is 6.15. The predicted molar refractivity (Wildman–Crippen MR) is 156 cm³/mol. The Morgan fingerprint density at radius 2 is 1.00 bits per heavy atom. The first-order valence-electron chi connectivity index (χ1n) is 12.5. The summed E-state index contributed by atoms with van der Waals surface area (Å²) >= 11 is 0. The van der Waals surface area contributed by atoms with Crippen LogP contribution in [0.25, 0.3) is 43.1 Å². The SMILES string of the molecule is Cc1ccc(N(c2ccc3c(ccc4ccccc43)c2)c2cccc3ccc4ccccc4c23)cc1. The Balaban J connectivity index is 1.53. The van der Waals surface area contributed by atoms with Gasteiger partial charge >= 0.3 is 0 Å². The average Bonchev–Trinajstić information content (AvgIpc) is 2.94. The summed E-state index contributed by atoms with van der Waals surface area (Å²) in [5.41, 5.74) is 4.75. The Bertz CT molecular complexity index is 1900. The lowest BCUT2D eigenvalue weighted by Gasteiger charge is -2.28. The van der Waals surface area contributed by atoms with Gasteiger partial charge in [0.05, 0.1) is 5.69 Å². The monoisotopic (exact) mass is 459 g/mol. The summed E-state index contributed by atoms with van der Waals surface area (Å²) in [7, 11) is 0. The first-order chi connectivity index (χ1) is 17.8. The van der Waals surface area contributed by atoms with Crippen molar-refractivity contribution in [2.75, 3.05) is 4.90 Å². The van der Waals surface area contributed by atoms with Crippen LogP contribution in [0.2, 0.25) is 0 Å². The second-order valence-electron chi connectivity index (χ2n) is 9.53. The zero-order valence-corrected chi connectivity index (χ0v) is 20.1. The van der Waals surface area contributed by atoms with E-state index in [1.165, 1.54) is 54.3 Å². The number of fused-ring (bicyclic) bond motifs is 6. The second kappa shape index (κ2) is 8.25. The summed E-state index contributed by atoms with van der Waals surface area (Å²) in [6.07, 6.45) is 0. The molecule has 0 radical (unpaired) electrons. The van der Waals surface area contributed by atoms with Gasteiger partial charge in [0.1, 0.15) is 0 Å². The molecule has 170 valence electrons. The quantitative estimate of drug-likeness (QED) is 0.238. The van der Waals surface area contributed by atoms with E-state index in [-0.39, 0.29) is 0 Å². The largest absolute Gasteiger partial charge is 0.310 e. The molecule has 0 heterocycles. The van der Waals surface area contributed by atoms with Gasteiger partial charge in [0.25, 0.3) is 0 Å². The minimum atomic E-state index is 1.15. The molecule has 0 N–H and O–H groups in total. The molecule has 0 fully saturated rings. The molecule has 36 heavy (non-hydrogen) atoms. The second-order valence-corrected chi connectivity index (χ2v) is 9.53. The number of aryl methyl sites for hydroxylation is 1. The van der Waals surface area contributed by atoms with E-state index in [0.717, 1.165) is 11.4 Å². The fourth-order valence-electron chi connectivity index (χ4n) is 5.49. The van der Waals surface area contributed by atoms with E-state index in [1.54, 1.807) is 0 Å². The lowest BCUT2D eigenvalue weighted by atomic mass is 9.98. The van der Waals surface area contributed by atoms with E-state index < -0.39 is 0 Å². The molecule has 0 saturated heterocycles. The summed E-state index contributed by atoms with van der Waals surface area (Å²) in [6, 6.07) is 48.6. The fraction of sp³-hybridized carbons (Fsp3) is 0.0286. The van der Waals surface area contributed by atoms with Gasteiger partial charge in [0.15, 0.2) is 0 Å². The van der Waals surface area contributed by atoms with E-state index >= 15 is 0 Å². The molecule has 0 saturated carbocycles. The van der Waals surface area contributed by atoms with Crippen molar-refractivity contribution in [2.24, 2.45) is 0 Å². The number of rotatable bonds is 3. The molecule has 0 aromatic heterocycles. The molecule has 0 bridgehead atoms. The van der Waals surface area contributed by atoms with Crippen molar-refractivity contribution in [2.45, 2.75) is 6.92 Å². The molecule has 0 spiro atoms. The lowest BCUT2D eigenvalue weighted by Crippen LogP contribution is -2.10. The summed E-state index contributed by atoms with van der Waals surface area (Å²) in [6.45, 7) is 2.14. The molecule has 7 rings (SSSR count). The van der Waals surface area contributed by atoms with Crippen LogP contribution in [0.3, 0.4) is 0 Å². The first-order valence-corrected chi connectivity index (χ1v) is 12.5. The van der Waals surface area contributed by atoms with Gasteiger partial charge < -0.3 is 4.90 Å². The summed E-state index contributed by atoms with van der Waals surface area (Å²) < 4.78 is 0. The van der Waals surface area contributed by atoms with E-state index in [2.05, 4.69) is 145 Å². The lowest BCUT2D eigenvalue weighted by molar-refractivity contribution is 1.29. The highest BCUT2D eigenvalue weighted by Crippen LogP contribution is 2.42. The Morgan fingerprint density at radius 1 is 0.417 bits per heavy atom. The Kier molecular flexibility index (Phi) is 4.75.